The number of nitrogens with two attached hydrogens (primary N) is 1. The van der Waals surface area contributed by atoms with E-state index < -0.39 is 0 Å². The fourth-order valence-electron chi connectivity index (χ4n) is 1.77. The van der Waals surface area contributed by atoms with Crippen LogP contribution < -0.4 is 10.6 Å². The van der Waals surface area contributed by atoms with Crippen molar-refractivity contribution in [3.05, 3.63) is 24.1 Å². The maximum atomic E-state index is 12.6. The number of aromatic nitrogens is 1. The van der Waals surface area contributed by atoms with E-state index >= 15 is 0 Å². The molecule has 0 radical (unpaired) electrons. The second-order valence-electron chi connectivity index (χ2n) is 3.68. The Morgan fingerprint density at radius 1 is 1.50 bits per heavy atom. The lowest BCUT2D eigenvalue weighted by Crippen LogP contribution is -2.43. The van der Waals surface area contributed by atoms with E-state index in [1.165, 1.54) is 12.3 Å². The second kappa shape index (κ2) is 3.92. The maximum absolute atomic E-state index is 12.6. The van der Waals surface area contributed by atoms with E-state index in [1.807, 2.05) is 0 Å². The molecule has 2 heterocycles. The fraction of sp³-hybridized carbons (Fsp3) is 0.500. The van der Waals surface area contributed by atoms with E-state index in [0.717, 1.165) is 31.7 Å². The molecule has 1 atom stereocenters. The van der Waals surface area contributed by atoms with Gasteiger partial charge in [0.2, 0.25) is 0 Å². The molecule has 0 aliphatic carbocycles. The van der Waals surface area contributed by atoms with Gasteiger partial charge in [-0.25, -0.2) is 9.37 Å². The summed E-state index contributed by atoms with van der Waals surface area (Å²) >= 11 is 0. The summed E-state index contributed by atoms with van der Waals surface area (Å²) < 4.78 is 12.6. The average Bonchev–Trinajstić information content (AvgIpc) is 2.19. The lowest BCUT2D eigenvalue weighted by Gasteiger charge is -2.31. The molecule has 0 spiro atoms. The summed E-state index contributed by atoms with van der Waals surface area (Å²) in [6.07, 6.45) is 3.40. The molecule has 2 rings (SSSR count). The van der Waals surface area contributed by atoms with Gasteiger partial charge >= 0.3 is 0 Å². The van der Waals surface area contributed by atoms with Gasteiger partial charge in [0.1, 0.15) is 11.6 Å². The quantitative estimate of drug-likeness (QED) is 0.731. The van der Waals surface area contributed by atoms with Gasteiger partial charge in [0.15, 0.2) is 0 Å². The van der Waals surface area contributed by atoms with Gasteiger partial charge < -0.3 is 10.6 Å². The van der Waals surface area contributed by atoms with Gasteiger partial charge in [0.05, 0.1) is 6.20 Å². The zero-order valence-corrected chi connectivity index (χ0v) is 7.99. The molecule has 0 amide bonds. The van der Waals surface area contributed by atoms with E-state index in [-0.39, 0.29) is 11.9 Å². The first kappa shape index (κ1) is 9.40. The summed E-state index contributed by atoms with van der Waals surface area (Å²) in [5, 5.41) is 0. The summed E-state index contributed by atoms with van der Waals surface area (Å²) in [5.74, 6) is 0.525. The van der Waals surface area contributed by atoms with Crippen molar-refractivity contribution in [2.45, 2.75) is 18.9 Å². The Balaban J connectivity index is 2.10. The number of hydrogen-bond acceptors (Lipinski definition) is 3. The molecule has 1 aromatic rings. The third kappa shape index (κ3) is 2.01. The highest BCUT2D eigenvalue weighted by molar-refractivity contribution is 5.38. The van der Waals surface area contributed by atoms with E-state index in [0.29, 0.717) is 0 Å². The minimum Gasteiger partial charge on any atom is -0.355 e. The summed E-state index contributed by atoms with van der Waals surface area (Å²) in [7, 11) is 0. The smallest absolute Gasteiger partial charge is 0.141 e. The summed E-state index contributed by atoms with van der Waals surface area (Å²) in [5.41, 5.74) is 5.85. The third-order valence-corrected chi connectivity index (χ3v) is 2.49. The topological polar surface area (TPSA) is 42.1 Å². The van der Waals surface area contributed by atoms with Crippen LogP contribution in [0.25, 0.3) is 0 Å². The van der Waals surface area contributed by atoms with E-state index in [2.05, 4.69) is 9.88 Å². The molecule has 14 heavy (non-hydrogen) atoms. The molecule has 0 saturated carbocycles. The molecule has 3 nitrogen and oxygen atoms in total. The predicted molar refractivity (Wildman–Crippen MR) is 53.6 cm³/mol. The third-order valence-electron chi connectivity index (χ3n) is 2.49. The summed E-state index contributed by atoms with van der Waals surface area (Å²) in [6.45, 7) is 1.78. The average molecular weight is 195 g/mol. The lowest BCUT2D eigenvalue weighted by atomic mass is 10.1. The van der Waals surface area contributed by atoms with Crippen LogP contribution in [-0.4, -0.2) is 24.1 Å². The van der Waals surface area contributed by atoms with Gasteiger partial charge in [-0.05, 0) is 25.0 Å². The van der Waals surface area contributed by atoms with Gasteiger partial charge in [-0.3, -0.25) is 0 Å². The number of piperidine rings is 1. The van der Waals surface area contributed by atoms with Gasteiger partial charge in [-0.1, -0.05) is 0 Å². The number of halogens is 1. The summed E-state index contributed by atoms with van der Waals surface area (Å²) in [4.78, 5) is 6.14. The highest BCUT2D eigenvalue weighted by Gasteiger charge is 2.17. The molecule has 1 aliphatic heterocycles. The zero-order valence-electron chi connectivity index (χ0n) is 7.99. The largest absolute Gasteiger partial charge is 0.355 e. The first-order valence-corrected chi connectivity index (χ1v) is 4.88. The molecule has 1 saturated heterocycles. The van der Waals surface area contributed by atoms with Crippen LogP contribution in [0, 0.1) is 5.82 Å². The Kier molecular flexibility index (Phi) is 2.63. The highest BCUT2D eigenvalue weighted by Crippen LogP contribution is 2.16. The van der Waals surface area contributed by atoms with Crippen LogP contribution in [0.1, 0.15) is 12.8 Å². The Bertz CT molecular complexity index is 299. The highest BCUT2D eigenvalue weighted by atomic mass is 19.1. The van der Waals surface area contributed by atoms with Crippen LogP contribution >= 0.6 is 0 Å². The van der Waals surface area contributed by atoms with Crippen molar-refractivity contribution in [1.29, 1.82) is 0 Å². The molecule has 1 aromatic heterocycles. The van der Waals surface area contributed by atoms with Crippen LogP contribution in [0.4, 0.5) is 10.2 Å². The molecule has 2 N–H and O–H groups in total. The predicted octanol–water partition coefficient (Wildman–Crippen LogP) is 1.15. The van der Waals surface area contributed by atoms with Crippen LogP contribution in [0.3, 0.4) is 0 Å². The molecule has 1 unspecified atom stereocenters. The molecule has 0 bridgehead atoms. The SMILES string of the molecule is NC1CCCN(c2ccc(F)cn2)C1. The van der Waals surface area contributed by atoms with Crippen molar-refractivity contribution in [1.82, 2.24) is 4.98 Å². The van der Waals surface area contributed by atoms with Crippen molar-refractivity contribution >= 4 is 5.82 Å². The molecular formula is C10H14FN3. The van der Waals surface area contributed by atoms with E-state index in [4.69, 9.17) is 5.73 Å². The van der Waals surface area contributed by atoms with Crippen molar-refractivity contribution in [3.63, 3.8) is 0 Å². The second-order valence-corrected chi connectivity index (χ2v) is 3.68. The van der Waals surface area contributed by atoms with Crippen LogP contribution in [0.5, 0.6) is 0 Å². The maximum Gasteiger partial charge on any atom is 0.141 e. The number of rotatable bonds is 1. The Morgan fingerprint density at radius 2 is 2.36 bits per heavy atom. The van der Waals surface area contributed by atoms with Crippen molar-refractivity contribution < 1.29 is 4.39 Å². The first-order chi connectivity index (χ1) is 6.75. The van der Waals surface area contributed by atoms with Gasteiger partial charge in [0, 0.05) is 19.1 Å². The summed E-state index contributed by atoms with van der Waals surface area (Å²) in [6, 6.07) is 3.35. The van der Waals surface area contributed by atoms with Gasteiger partial charge in [-0.15, -0.1) is 0 Å². The van der Waals surface area contributed by atoms with Crippen LogP contribution in [0.15, 0.2) is 18.3 Å². The molecule has 4 heteroatoms. The molecule has 1 fully saturated rings. The first-order valence-electron chi connectivity index (χ1n) is 4.88. The van der Waals surface area contributed by atoms with Crippen molar-refractivity contribution in [3.8, 4) is 0 Å². The molecule has 1 aliphatic rings. The standard InChI is InChI=1S/C10H14FN3/c11-8-3-4-10(13-6-8)14-5-1-2-9(12)7-14/h3-4,6,9H,1-2,5,7,12H2. The van der Waals surface area contributed by atoms with Gasteiger partial charge in [-0.2, -0.15) is 0 Å². The van der Waals surface area contributed by atoms with E-state index in [9.17, 15) is 4.39 Å². The van der Waals surface area contributed by atoms with E-state index in [1.54, 1.807) is 6.07 Å². The minimum atomic E-state index is -0.296. The fourth-order valence-corrected chi connectivity index (χ4v) is 1.77. The number of anilines is 1. The van der Waals surface area contributed by atoms with Crippen LogP contribution in [0.2, 0.25) is 0 Å². The normalized spacial score (nSPS) is 22.4. The number of pyridine rings is 1. The number of nitrogens with zero attached hydrogens (tertiary/aromatic N) is 2. The monoisotopic (exact) mass is 195 g/mol. The molecular weight excluding hydrogens is 181 g/mol. The minimum absolute atomic E-state index is 0.218. The Labute approximate surface area is 82.7 Å². The molecule has 0 aromatic carbocycles. The number of hydrogen-bond donors (Lipinski definition) is 1. The van der Waals surface area contributed by atoms with Gasteiger partial charge in [0.25, 0.3) is 0 Å². The van der Waals surface area contributed by atoms with Crippen molar-refractivity contribution in [2.24, 2.45) is 5.73 Å². The zero-order chi connectivity index (χ0) is 9.97. The Hall–Kier alpha value is -1.16. The Morgan fingerprint density at radius 3 is 3.00 bits per heavy atom. The molecule has 76 valence electrons. The van der Waals surface area contributed by atoms with Crippen molar-refractivity contribution in [2.75, 3.05) is 18.0 Å². The lowest BCUT2D eigenvalue weighted by molar-refractivity contribution is 0.502. The van der Waals surface area contributed by atoms with Crippen LogP contribution in [-0.2, 0) is 0 Å².